The van der Waals surface area contributed by atoms with E-state index in [4.69, 9.17) is 0 Å². The Kier molecular flexibility index (Phi) is 5.36. The molecule has 94 valence electrons. The lowest BCUT2D eigenvalue weighted by atomic mass is 10.1. The van der Waals surface area contributed by atoms with Gasteiger partial charge in [-0.15, -0.1) is 12.4 Å². The fourth-order valence-corrected chi connectivity index (χ4v) is 2.06. The van der Waals surface area contributed by atoms with Crippen LogP contribution in [0.4, 0.5) is 4.39 Å². The van der Waals surface area contributed by atoms with E-state index < -0.39 is 5.82 Å². The number of piperazine rings is 1. The van der Waals surface area contributed by atoms with Crippen LogP contribution < -0.4 is 5.32 Å². The first kappa shape index (κ1) is 14.4. The zero-order chi connectivity index (χ0) is 11.5. The molecule has 0 spiro atoms. The summed E-state index contributed by atoms with van der Waals surface area (Å²) in [6.07, 6.45) is 0. The number of benzene rings is 1. The number of nitrogens with zero attached hydrogens (tertiary/aromatic N) is 1. The molecule has 0 aliphatic carbocycles. The van der Waals surface area contributed by atoms with Gasteiger partial charge in [0.1, 0.15) is 5.82 Å². The number of hydrogen-bond donors (Lipinski definition) is 1. The van der Waals surface area contributed by atoms with Crippen LogP contribution >= 0.6 is 28.3 Å². The molecule has 0 aromatic heterocycles. The van der Waals surface area contributed by atoms with Crippen LogP contribution in [0.1, 0.15) is 10.4 Å². The highest BCUT2D eigenvalue weighted by molar-refractivity contribution is 9.10. The highest BCUT2D eigenvalue weighted by atomic mass is 79.9. The summed E-state index contributed by atoms with van der Waals surface area (Å²) in [4.78, 5) is 13.7. The SMILES string of the molecule is Cl.O=C(c1cc(Br)ccc1F)N1CCNCC1. The van der Waals surface area contributed by atoms with Gasteiger partial charge < -0.3 is 10.2 Å². The summed E-state index contributed by atoms with van der Waals surface area (Å²) in [7, 11) is 0. The third kappa shape index (κ3) is 3.40. The fourth-order valence-electron chi connectivity index (χ4n) is 1.70. The van der Waals surface area contributed by atoms with Crippen molar-refractivity contribution in [2.24, 2.45) is 0 Å². The van der Waals surface area contributed by atoms with Gasteiger partial charge in [0, 0.05) is 30.7 Å². The Bertz CT molecular complexity index is 410. The Morgan fingerprint density at radius 1 is 1.35 bits per heavy atom. The van der Waals surface area contributed by atoms with Crippen molar-refractivity contribution in [2.45, 2.75) is 0 Å². The molecule has 1 fully saturated rings. The van der Waals surface area contributed by atoms with E-state index in [0.717, 1.165) is 13.1 Å². The van der Waals surface area contributed by atoms with Gasteiger partial charge in [-0.1, -0.05) is 15.9 Å². The Balaban J connectivity index is 0.00000144. The molecule has 17 heavy (non-hydrogen) atoms. The molecular weight excluding hydrogens is 310 g/mol. The summed E-state index contributed by atoms with van der Waals surface area (Å²) in [6, 6.07) is 4.42. The molecule has 2 rings (SSSR count). The second kappa shape index (κ2) is 6.33. The number of hydrogen-bond acceptors (Lipinski definition) is 2. The number of carbonyl (C=O) groups excluding carboxylic acids is 1. The maximum atomic E-state index is 13.5. The van der Waals surface area contributed by atoms with Crippen molar-refractivity contribution >= 4 is 34.2 Å². The minimum atomic E-state index is -0.466. The van der Waals surface area contributed by atoms with Gasteiger partial charge in [-0.2, -0.15) is 0 Å². The van der Waals surface area contributed by atoms with Gasteiger partial charge in [-0.3, -0.25) is 4.79 Å². The van der Waals surface area contributed by atoms with Crippen LogP contribution in [0.25, 0.3) is 0 Å². The van der Waals surface area contributed by atoms with Gasteiger partial charge in [0.15, 0.2) is 0 Å². The van der Waals surface area contributed by atoms with E-state index in [2.05, 4.69) is 21.2 Å². The zero-order valence-electron chi connectivity index (χ0n) is 9.08. The highest BCUT2D eigenvalue weighted by Crippen LogP contribution is 2.17. The summed E-state index contributed by atoms with van der Waals surface area (Å²) in [5.74, 6) is -0.702. The first-order chi connectivity index (χ1) is 7.68. The van der Waals surface area contributed by atoms with Gasteiger partial charge in [-0.25, -0.2) is 4.39 Å². The minimum Gasteiger partial charge on any atom is -0.336 e. The van der Waals surface area contributed by atoms with E-state index in [1.165, 1.54) is 12.1 Å². The molecule has 0 radical (unpaired) electrons. The summed E-state index contributed by atoms with van der Waals surface area (Å²) in [6.45, 7) is 2.79. The average Bonchev–Trinajstić information content (AvgIpc) is 2.32. The molecule has 0 atom stereocenters. The minimum absolute atomic E-state index is 0. The maximum absolute atomic E-state index is 13.5. The molecule has 6 heteroatoms. The van der Waals surface area contributed by atoms with Crippen LogP contribution in [0.2, 0.25) is 0 Å². The molecule has 1 heterocycles. The van der Waals surface area contributed by atoms with Gasteiger partial charge in [-0.05, 0) is 18.2 Å². The van der Waals surface area contributed by atoms with Crippen LogP contribution in [0, 0.1) is 5.82 Å². The van der Waals surface area contributed by atoms with Gasteiger partial charge in [0.2, 0.25) is 0 Å². The molecular formula is C11H13BrClFN2O. The molecule has 1 aromatic rings. The molecule has 1 aliphatic rings. The Morgan fingerprint density at radius 3 is 2.65 bits per heavy atom. The van der Waals surface area contributed by atoms with Gasteiger partial charge in [0.05, 0.1) is 5.56 Å². The molecule has 1 aromatic carbocycles. The Morgan fingerprint density at radius 2 is 2.00 bits per heavy atom. The topological polar surface area (TPSA) is 32.3 Å². The number of carbonyl (C=O) groups is 1. The second-order valence-corrected chi connectivity index (χ2v) is 4.58. The molecule has 0 bridgehead atoms. The van der Waals surface area contributed by atoms with Crippen molar-refractivity contribution < 1.29 is 9.18 Å². The van der Waals surface area contributed by atoms with Crippen molar-refractivity contribution in [1.29, 1.82) is 0 Å². The van der Waals surface area contributed by atoms with Crippen molar-refractivity contribution in [3.05, 3.63) is 34.1 Å². The van der Waals surface area contributed by atoms with Crippen molar-refractivity contribution in [2.75, 3.05) is 26.2 Å². The summed E-state index contributed by atoms with van der Waals surface area (Å²) in [5.41, 5.74) is 0.135. The van der Waals surface area contributed by atoms with E-state index in [0.29, 0.717) is 17.6 Å². The Labute approximate surface area is 114 Å². The first-order valence-corrected chi connectivity index (χ1v) is 5.93. The standard InChI is InChI=1S/C11H12BrFN2O.ClH/c12-8-1-2-10(13)9(7-8)11(16)15-5-3-14-4-6-15;/h1-2,7,14H,3-6H2;1H. The highest BCUT2D eigenvalue weighted by Gasteiger charge is 2.20. The monoisotopic (exact) mass is 322 g/mol. The summed E-state index contributed by atoms with van der Waals surface area (Å²) in [5, 5.41) is 3.15. The molecule has 3 nitrogen and oxygen atoms in total. The van der Waals surface area contributed by atoms with Crippen LogP contribution in [-0.4, -0.2) is 37.0 Å². The van der Waals surface area contributed by atoms with E-state index >= 15 is 0 Å². The molecule has 1 N–H and O–H groups in total. The first-order valence-electron chi connectivity index (χ1n) is 5.13. The summed E-state index contributed by atoms with van der Waals surface area (Å²) >= 11 is 3.24. The predicted molar refractivity (Wildman–Crippen MR) is 70.1 cm³/mol. The Hall–Kier alpha value is -0.650. The zero-order valence-corrected chi connectivity index (χ0v) is 11.5. The average molecular weight is 324 g/mol. The van der Waals surface area contributed by atoms with Crippen molar-refractivity contribution in [3.63, 3.8) is 0 Å². The van der Waals surface area contributed by atoms with Crippen LogP contribution in [0.3, 0.4) is 0 Å². The van der Waals surface area contributed by atoms with E-state index in [1.807, 2.05) is 0 Å². The number of rotatable bonds is 1. The smallest absolute Gasteiger partial charge is 0.256 e. The number of halogens is 3. The lowest BCUT2D eigenvalue weighted by Crippen LogP contribution is -2.46. The van der Waals surface area contributed by atoms with E-state index in [1.54, 1.807) is 11.0 Å². The predicted octanol–water partition coefficient (Wildman–Crippen LogP) is 2.06. The van der Waals surface area contributed by atoms with Crippen molar-refractivity contribution in [3.8, 4) is 0 Å². The van der Waals surface area contributed by atoms with E-state index in [-0.39, 0.29) is 23.9 Å². The maximum Gasteiger partial charge on any atom is 0.256 e. The third-order valence-electron chi connectivity index (χ3n) is 2.56. The van der Waals surface area contributed by atoms with Gasteiger partial charge >= 0.3 is 0 Å². The van der Waals surface area contributed by atoms with Gasteiger partial charge in [0.25, 0.3) is 5.91 Å². The molecule has 1 aliphatic heterocycles. The van der Waals surface area contributed by atoms with Crippen LogP contribution in [0.15, 0.2) is 22.7 Å². The normalized spacial score (nSPS) is 15.3. The fraction of sp³-hybridized carbons (Fsp3) is 0.364. The number of amides is 1. The van der Waals surface area contributed by atoms with Crippen LogP contribution in [0.5, 0.6) is 0 Å². The lowest BCUT2D eigenvalue weighted by Gasteiger charge is -2.27. The number of nitrogens with one attached hydrogen (secondary N) is 1. The molecule has 1 saturated heterocycles. The van der Waals surface area contributed by atoms with Crippen LogP contribution in [-0.2, 0) is 0 Å². The molecule has 0 unspecified atom stereocenters. The van der Waals surface area contributed by atoms with Crippen molar-refractivity contribution in [1.82, 2.24) is 10.2 Å². The van der Waals surface area contributed by atoms with E-state index in [9.17, 15) is 9.18 Å². The molecule has 1 amide bonds. The largest absolute Gasteiger partial charge is 0.336 e. The summed E-state index contributed by atoms with van der Waals surface area (Å²) < 4.78 is 14.2. The second-order valence-electron chi connectivity index (χ2n) is 3.67. The quantitative estimate of drug-likeness (QED) is 0.858. The molecule has 0 saturated carbocycles. The third-order valence-corrected chi connectivity index (χ3v) is 3.06. The lowest BCUT2D eigenvalue weighted by molar-refractivity contribution is 0.0731.